The lowest BCUT2D eigenvalue weighted by atomic mass is 9.83. The summed E-state index contributed by atoms with van der Waals surface area (Å²) in [5, 5.41) is 10.9. The van der Waals surface area contributed by atoms with Gasteiger partial charge in [-0.05, 0) is 74.2 Å². The van der Waals surface area contributed by atoms with Gasteiger partial charge in [-0.15, -0.1) is 0 Å². The molecule has 0 saturated heterocycles. The largest absolute Gasteiger partial charge is 0.400 e. The molecular formula is C28H32F3N3O3. The van der Waals surface area contributed by atoms with Crippen molar-refractivity contribution in [1.29, 1.82) is 0 Å². The number of aldehydes is 1. The topological polar surface area (TPSA) is 79.5 Å². The number of aliphatic hydroxyl groups excluding tert-OH is 1. The molecule has 2 heterocycles. The molecule has 1 aliphatic rings. The van der Waals surface area contributed by atoms with Crippen molar-refractivity contribution in [2.45, 2.75) is 58.3 Å². The second-order valence-electron chi connectivity index (χ2n) is 9.52. The summed E-state index contributed by atoms with van der Waals surface area (Å²) in [6.45, 7) is 6.76. The van der Waals surface area contributed by atoms with Gasteiger partial charge in [-0.25, -0.2) is 13.2 Å². The van der Waals surface area contributed by atoms with Gasteiger partial charge >= 0.3 is 0 Å². The smallest absolute Gasteiger partial charge is 0.257 e. The molecule has 3 aromatic rings. The third-order valence-corrected chi connectivity index (χ3v) is 6.18. The summed E-state index contributed by atoms with van der Waals surface area (Å²) < 4.78 is 51.0. The summed E-state index contributed by atoms with van der Waals surface area (Å²) in [5.74, 6) is -0.537. The summed E-state index contributed by atoms with van der Waals surface area (Å²) >= 11 is 0. The number of halogens is 3. The van der Waals surface area contributed by atoms with Crippen molar-refractivity contribution in [3.05, 3.63) is 76.1 Å². The molecule has 1 N–H and O–H groups in total. The van der Waals surface area contributed by atoms with E-state index in [1.807, 2.05) is 24.8 Å². The van der Waals surface area contributed by atoms with Crippen molar-refractivity contribution in [3.63, 3.8) is 0 Å². The van der Waals surface area contributed by atoms with Crippen LogP contribution in [-0.4, -0.2) is 51.8 Å². The highest BCUT2D eigenvalue weighted by atomic mass is 19.1. The normalized spacial score (nSPS) is 17.9. The highest BCUT2D eigenvalue weighted by Crippen LogP contribution is 2.42. The van der Waals surface area contributed by atoms with Crippen LogP contribution in [-0.2, 0) is 17.6 Å². The highest BCUT2D eigenvalue weighted by molar-refractivity contribution is 5.74. The Bertz CT molecular complexity index is 1240. The summed E-state index contributed by atoms with van der Waals surface area (Å²) in [5.41, 5.74) is 0.800. The van der Waals surface area contributed by atoms with E-state index in [0.29, 0.717) is 36.4 Å². The Labute approximate surface area is 214 Å². The quantitative estimate of drug-likeness (QED) is 0.332. The van der Waals surface area contributed by atoms with E-state index in [0.717, 1.165) is 18.2 Å². The van der Waals surface area contributed by atoms with Gasteiger partial charge in [-0.1, -0.05) is 24.2 Å². The lowest BCUT2D eigenvalue weighted by Gasteiger charge is -2.44. The maximum atomic E-state index is 15.4. The molecule has 6 nitrogen and oxygen atoms in total. The lowest BCUT2D eigenvalue weighted by molar-refractivity contribution is -0.104. The van der Waals surface area contributed by atoms with E-state index >= 15 is 8.78 Å². The van der Waals surface area contributed by atoms with Crippen LogP contribution >= 0.6 is 0 Å². The SMILES string of the molecule is CCc1noc(-c2ccc3c(c2)CC(C)N(CC(C)(C)F)C3c2c(F)cc(/C=C/C=O)cc2F)n1.CO. The number of allylic oxidation sites excluding steroid dienone is 1. The van der Waals surface area contributed by atoms with E-state index < -0.39 is 23.3 Å². The van der Waals surface area contributed by atoms with Crippen LogP contribution in [0, 0.1) is 11.6 Å². The standard InChI is InChI=1S/C27H28F3N3O2.CH4O/c1-5-23-31-26(35-32-23)18-8-9-20-19(14-18)11-16(2)33(15-27(3,4)30)25(20)24-21(28)12-17(7-6-10-34)13-22(24)29;1-2/h6-10,12-14,16,25H,5,11,15H2,1-4H3;2H,1H3/b7-6+;. The summed E-state index contributed by atoms with van der Waals surface area (Å²) in [7, 11) is 1.00. The van der Waals surface area contributed by atoms with Gasteiger partial charge in [0.15, 0.2) is 5.82 Å². The minimum Gasteiger partial charge on any atom is -0.400 e. The fourth-order valence-corrected chi connectivity index (χ4v) is 4.68. The number of nitrogens with zero attached hydrogens (tertiary/aromatic N) is 3. The number of fused-ring (bicyclic) bond motifs is 1. The van der Waals surface area contributed by atoms with Crippen molar-refractivity contribution in [3.8, 4) is 11.5 Å². The monoisotopic (exact) mass is 515 g/mol. The van der Waals surface area contributed by atoms with Gasteiger partial charge in [0.2, 0.25) is 0 Å². The predicted molar refractivity (Wildman–Crippen MR) is 136 cm³/mol. The number of rotatable bonds is 7. The molecule has 1 aromatic heterocycles. The third-order valence-electron chi connectivity index (χ3n) is 6.18. The van der Waals surface area contributed by atoms with E-state index in [-0.39, 0.29) is 23.7 Å². The van der Waals surface area contributed by atoms with Crippen LogP contribution in [0.3, 0.4) is 0 Å². The van der Waals surface area contributed by atoms with Crippen LogP contribution in [0.25, 0.3) is 17.5 Å². The molecule has 0 fully saturated rings. The fraction of sp³-hybridized carbons (Fsp3) is 0.393. The zero-order valence-electron chi connectivity index (χ0n) is 21.6. The van der Waals surface area contributed by atoms with Gasteiger partial charge in [0.1, 0.15) is 23.6 Å². The zero-order chi connectivity index (χ0) is 27.3. The molecule has 37 heavy (non-hydrogen) atoms. The summed E-state index contributed by atoms with van der Waals surface area (Å²) in [6.07, 6.45) is 4.25. The van der Waals surface area contributed by atoms with Gasteiger partial charge in [0.05, 0.1) is 6.04 Å². The lowest BCUT2D eigenvalue weighted by Crippen LogP contribution is -2.48. The number of aromatic nitrogens is 2. The number of hydrogen-bond acceptors (Lipinski definition) is 6. The molecule has 2 aromatic carbocycles. The van der Waals surface area contributed by atoms with Crippen molar-refractivity contribution in [1.82, 2.24) is 15.0 Å². The third kappa shape index (κ3) is 6.34. The molecule has 2 unspecified atom stereocenters. The molecule has 0 radical (unpaired) electrons. The van der Waals surface area contributed by atoms with E-state index in [9.17, 15) is 9.18 Å². The first-order valence-electron chi connectivity index (χ1n) is 12.1. The first-order chi connectivity index (χ1) is 17.6. The Morgan fingerprint density at radius 2 is 1.86 bits per heavy atom. The molecule has 0 amide bonds. The average Bonchev–Trinajstić information content (AvgIpc) is 3.34. The van der Waals surface area contributed by atoms with Crippen molar-refractivity contribution < 1.29 is 27.6 Å². The number of benzene rings is 2. The number of carbonyl (C=O) groups is 1. The Kier molecular flexibility index (Phi) is 9.04. The molecule has 4 rings (SSSR count). The van der Waals surface area contributed by atoms with Gasteiger partial charge in [0.25, 0.3) is 5.89 Å². The maximum absolute atomic E-state index is 15.4. The van der Waals surface area contributed by atoms with Gasteiger partial charge in [0, 0.05) is 37.2 Å². The van der Waals surface area contributed by atoms with Crippen LogP contribution in [0.4, 0.5) is 13.2 Å². The van der Waals surface area contributed by atoms with Crippen LogP contribution in [0.5, 0.6) is 0 Å². The minimum atomic E-state index is -1.58. The molecule has 0 spiro atoms. The second-order valence-corrected chi connectivity index (χ2v) is 9.52. The minimum absolute atomic E-state index is 0.00474. The first kappa shape index (κ1) is 28.3. The first-order valence-corrected chi connectivity index (χ1v) is 12.1. The van der Waals surface area contributed by atoms with Crippen molar-refractivity contribution >= 4 is 12.4 Å². The van der Waals surface area contributed by atoms with Crippen molar-refractivity contribution in [2.24, 2.45) is 0 Å². The Balaban J connectivity index is 0.00000186. The summed E-state index contributed by atoms with van der Waals surface area (Å²) in [4.78, 5) is 16.8. The number of aliphatic hydroxyl groups is 1. The number of hydrogen-bond donors (Lipinski definition) is 1. The fourth-order valence-electron chi connectivity index (χ4n) is 4.68. The Morgan fingerprint density at radius 3 is 2.43 bits per heavy atom. The molecule has 1 aliphatic heterocycles. The van der Waals surface area contributed by atoms with Crippen LogP contribution in [0.15, 0.2) is 40.9 Å². The van der Waals surface area contributed by atoms with E-state index in [4.69, 9.17) is 9.63 Å². The van der Waals surface area contributed by atoms with Crippen LogP contribution in [0.1, 0.15) is 61.8 Å². The zero-order valence-corrected chi connectivity index (χ0v) is 21.6. The predicted octanol–water partition coefficient (Wildman–Crippen LogP) is 5.48. The molecule has 9 heteroatoms. The molecule has 0 bridgehead atoms. The highest BCUT2D eigenvalue weighted by Gasteiger charge is 2.39. The van der Waals surface area contributed by atoms with E-state index in [1.165, 1.54) is 38.1 Å². The average molecular weight is 516 g/mol. The van der Waals surface area contributed by atoms with Crippen LogP contribution in [0.2, 0.25) is 0 Å². The molecule has 0 aliphatic carbocycles. The van der Waals surface area contributed by atoms with E-state index in [2.05, 4.69) is 10.1 Å². The van der Waals surface area contributed by atoms with E-state index in [1.54, 1.807) is 12.1 Å². The second kappa shape index (κ2) is 11.8. The molecule has 198 valence electrons. The number of alkyl halides is 1. The molecule has 2 atom stereocenters. The molecule has 0 saturated carbocycles. The van der Waals surface area contributed by atoms with Crippen LogP contribution < -0.4 is 0 Å². The molecular weight excluding hydrogens is 483 g/mol. The Morgan fingerprint density at radius 1 is 1.19 bits per heavy atom. The van der Waals surface area contributed by atoms with Gasteiger partial charge in [-0.3, -0.25) is 9.69 Å². The number of aryl methyl sites for hydroxylation is 1. The van der Waals surface area contributed by atoms with Crippen molar-refractivity contribution in [2.75, 3.05) is 13.7 Å². The number of carbonyl (C=O) groups excluding carboxylic acids is 1. The van der Waals surface area contributed by atoms with Gasteiger partial charge < -0.3 is 9.63 Å². The Hall–Kier alpha value is -3.30. The van der Waals surface area contributed by atoms with Gasteiger partial charge in [-0.2, -0.15) is 4.98 Å². The summed E-state index contributed by atoms with van der Waals surface area (Å²) in [6, 6.07) is 6.83. The maximum Gasteiger partial charge on any atom is 0.257 e.